The van der Waals surface area contributed by atoms with Gasteiger partial charge in [0.05, 0.1) is 28.4 Å². The molecule has 0 bridgehead atoms. The van der Waals surface area contributed by atoms with Gasteiger partial charge in [0.15, 0.2) is 0 Å². The molecule has 1 aromatic carbocycles. The summed E-state index contributed by atoms with van der Waals surface area (Å²) in [5.41, 5.74) is -0.0341. The van der Waals surface area contributed by atoms with Gasteiger partial charge >= 0.3 is 0 Å². The molecule has 0 aliphatic carbocycles. The van der Waals surface area contributed by atoms with Gasteiger partial charge in [-0.3, -0.25) is 4.72 Å². The summed E-state index contributed by atoms with van der Waals surface area (Å²) in [6.45, 7) is 1.95. The van der Waals surface area contributed by atoms with Crippen LogP contribution in [0.25, 0.3) is 5.78 Å². The molecule has 0 unspecified atom stereocenters. The smallest absolute Gasteiger partial charge is 0.299 e. The SMILES string of the molecule is CCOc1cc(F)n2nc(S(=O)(=O)Nc3c(Cl)cccc3Cl)nc2n1. The predicted octanol–water partition coefficient (Wildman–Crippen LogP) is 2.77. The van der Waals surface area contributed by atoms with Crippen LogP contribution in [0.2, 0.25) is 10.0 Å². The van der Waals surface area contributed by atoms with Crippen LogP contribution >= 0.6 is 23.2 Å². The lowest BCUT2D eigenvalue weighted by atomic mass is 10.3. The van der Waals surface area contributed by atoms with E-state index in [2.05, 4.69) is 19.8 Å². The molecule has 2 heterocycles. The summed E-state index contributed by atoms with van der Waals surface area (Å²) in [5, 5.41) is 3.10. The number of anilines is 1. The van der Waals surface area contributed by atoms with Crippen molar-refractivity contribution in [3.05, 3.63) is 40.3 Å². The second-order valence-electron chi connectivity index (χ2n) is 4.66. The van der Waals surface area contributed by atoms with Crippen molar-refractivity contribution in [2.24, 2.45) is 0 Å². The number of hydrogen-bond acceptors (Lipinski definition) is 6. The van der Waals surface area contributed by atoms with Gasteiger partial charge in [0.25, 0.3) is 21.0 Å². The number of rotatable bonds is 5. The lowest BCUT2D eigenvalue weighted by Gasteiger charge is -2.08. The third-order valence-electron chi connectivity index (χ3n) is 2.96. The highest BCUT2D eigenvalue weighted by atomic mass is 35.5. The second kappa shape index (κ2) is 6.62. The number of fused-ring (bicyclic) bond motifs is 1. The summed E-state index contributed by atoms with van der Waals surface area (Å²) in [5.74, 6) is -1.18. The van der Waals surface area contributed by atoms with Crippen LogP contribution < -0.4 is 9.46 Å². The molecule has 0 spiro atoms. The summed E-state index contributed by atoms with van der Waals surface area (Å²) in [6.07, 6.45) is 0. The van der Waals surface area contributed by atoms with Gasteiger partial charge in [-0.25, -0.2) is 0 Å². The normalized spacial score (nSPS) is 11.7. The molecule has 25 heavy (non-hydrogen) atoms. The van der Waals surface area contributed by atoms with Gasteiger partial charge in [-0.15, -0.1) is 5.10 Å². The third kappa shape index (κ3) is 3.46. The third-order valence-corrected chi connectivity index (χ3v) is 4.71. The van der Waals surface area contributed by atoms with Crippen molar-refractivity contribution in [1.29, 1.82) is 0 Å². The molecular formula is C13H10Cl2FN5O3S. The first-order chi connectivity index (χ1) is 11.8. The Balaban J connectivity index is 2.04. The number of halogens is 3. The van der Waals surface area contributed by atoms with E-state index >= 15 is 0 Å². The van der Waals surface area contributed by atoms with Gasteiger partial charge < -0.3 is 4.74 Å². The van der Waals surface area contributed by atoms with Gasteiger partial charge in [0, 0.05) is 0 Å². The average molecular weight is 406 g/mol. The van der Waals surface area contributed by atoms with E-state index in [-0.39, 0.29) is 34.0 Å². The van der Waals surface area contributed by atoms with E-state index in [1.54, 1.807) is 13.0 Å². The zero-order chi connectivity index (χ0) is 18.2. The van der Waals surface area contributed by atoms with Crippen molar-refractivity contribution >= 4 is 44.7 Å². The standard InChI is InChI=1S/C13H10Cl2FN5O3S/c1-2-24-10-6-9(16)21-12(17-10)18-13(19-21)25(22,23)20-11-7(14)4-3-5-8(11)15/h3-6,20H,2H2,1H3. The Bertz CT molecular complexity index is 1040. The Morgan fingerprint density at radius 1 is 1.28 bits per heavy atom. The molecule has 0 saturated carbocycles. The van der Waals surface area contributed by atoms with Crippen LogP contribution in [-0.2, 0) is 10.0 Å². The maximum absolute atomic E-state index is 14.0. The minimum atomic E-state index is -4.27. The van der Waals surface area contributed by atoms with E-state index in [1.807, 2.05) is 0 Å². The number of ether oxygens (including phenoxy) is 1. The molecule has 0 fully saturated rings. The number of para-hydroxylation sites is 1. The van der Waals surface area contributed by atoms with Gasteiger partial charge in [-0.1, -0.05) is 29.3 Å². The maximum Gasteiger partial charge on any atom is 0.299 e. The van der Waals surface area contributed by atoms with Crippen molar-refractivity contribution in [3.8, 4) is 5.88 Å². The first-order valence-electron chi connectivity index (χ1n) is 6.85. The van der Waals surface area contributed by atoms with E-state index in [0.717, 1.165) is 6.07 Å². The van der Waals surface area contributed by atoms with E-state index in [4.69, 9.17) is 27.9 Å². The van der Waals surface area contributed by atoms with Gasteiger partial charge in [0.2, 0.25) is 11.8 Å². The highest BCUT2D eigenvalue weighted by molar-refractivity contribution is 7.92. The first-order valence-corrected chi connectivity index (χ1v) is 9.08. The number of nitrogens with one attached hydrogen (secondary N) is 1. The average Bonchev–Trinajstić information content (AvgIpc) is 2.97. The monoisotopic (exact) mass is 405 g/mol. The number of sulfonamides is 1. The number of benzene rings is 1. The molecular weight excluding hydrogens is 396 g/mol. The zero-order valence-electron chi connectivity index (χ0n) is 12.6. The maximum atomic E-state index is 14.0. The van der Waals surface area contributed by atoms with Gasteiger partial charge in [-0.2, -0.15) is 27.3 Å². The van der Waals surface area contributed by atoms with Crippen LogP contribution in [0.3, 0.4) is 0 Å². The molecule has 3 rings (SSSR count). The molecule has 0 aliphatic heterocycles. The van der Waals surface area contributed by atoms with Crippen LogP contribution in [0.4, 0.5) is 10.1 Å². The Hall–Kier alpha value is -2.17. The summed E-state index contributed by atoms with van der Waals surface area (Å²) >= 11 is 11.9. The number of nitrogens with zero attached hydrogens (tertiary/aromatic N) is 4. The summed E-state index contributed by atoms with van der Waals surface area (Å²) < 4.78 is 46.8. The Kier molecular flexibility index (Phi) is 4.67. The molecule has 1 N–H and O–H groups in total. The van der Waals surface area contributed by atoms with Gasteiger partial charge in [-0.05, 0) is 19.1 Å². The van der Waals surface area contributed by atoms with E-state index < -0.39 is 21.1 Å². The molecule has 0 radical (unpaired) electrons. The van der Waals surface area contributed by atoms with Crippen molar-refractivity contribution in [1.82, 2.24) is 19.6 Å². The molecule has 8 nitrogen and oxygen atoms in total. The topological polar surface area (TPSA) is 98.5 Å². The minimum Gasteiger partial charge on any atom is -0.478 e. The van der Waals surface area contributed by atoms with Crippen LogP contribution in [-0.4, -0.2) is 34.6 Å². The fraction of sp³-hybridized carbons (Fsp3) is 0.154. The fourth-order valence-electron chi connectivity index (χ4n) is 1.91. The lowest BCUT2D eigenvalue weighted by Crippen LogP contribution is -2.15. The van der Waals surface area contributed by atoms with Crippen LogP contribution in [0, 0.1) is 5.95 Å². The molecule has 0 amide bonds. The Morgan fingerprint density at radius 2 is 1.96 bits per heavy atom. The quantitative estimate of drug-likeness (QED) is 0.655. The number of aromatic nitrogens is 4. The van der Waals surface area contributed by atoms with E-state index in [1.165, 1.54) is 12.1 Å². The molecule has 2 aromatic heterocycles. The zero-order valence-corrected chi connectivity index (χ0v) is 14.9. The van der Waals surface area contributed by atoms with Crippen molar-refractivity contribution < 1.29 is 17.5 Å². The Morgan fingerprint density at radius 3 is 2.60 bits per heavy atom. The summed E-state index contributed by atoms with van der Waals surface area (Å²) in [4.78, 5) is 7.61. The molecule has 0 aliphatic rings. The number of hydrogen-bond donors (Lipinski definition) is 1. The Labute approximate surface area is 151 Å². The van der Waals surface area contributed by atoms with E-state index in [0.29, 0.717) is 4.52 Å². The van der Waals surface area contributed by atoms with Crippen molar-refractivity contribution in [2.45, 2.75) is 12.1 Å². The fourth-order valence-corrected chi connectivity index (χ4v) is 3.48. The summed E-state index contributed by atoms with van der Waals surface area (Å²) in [6, 6.07) is 5.44. The van der Waals surface area contributed by atoms with Gasteiger partial charge in [0.1, 0.15) is 0 Å². The summed E-state index contributed by atoms with van der Waals surface area (Å²) in [7, 11) is -4.27. The largest absolute Gasteiger partial charge is 0.478 e. The molecule has 3 aromatic rings. The molecule has 12 heteroatoms. The highest BCUT2D eigenvalue weighted by Gasteiger charge is 2.24. The molecule has 132 valence electrons. The van der Waals surface area contributed by atoms with Crippen LogP contribution in [0.5, 0.6) is 5.88 Å². The van der Waals surface area contributed by atoms with E-state index in [9.17, 15) is 12.8 Å². The second-order valence-corrected chi connectivity index (χ2v) is 7.05. The molecule has 0 saturated heterocycles. The van der Waals surface area contributed by atoms with Crippen LogP contribution in [0.1, 0.15) is 6.92 Å². The van der Waals surface area contributed by atoms with Crippen molar-refractivity contribution in [3.63, 3.8) is 0 Å². The molecule has 0 atom stereocenters. The first kappa shape index (κ1) is 17.6. The predicted molar refractivity (Wildman–Crippen MR) is 89.2 cm³/mol. The lowest BCUT2D eigenvalue weighted by molar-refractivity contribution is 0.323. The van der Waals surface area contributed by atoms with Crippen molar-refractivity contribution in [2.75, 3.05) is 11.3 Å². The highest BCUT2D eigenvalue weighted by Crippen LogP contribution is 2.31. The van der Waals surface area contributed by atoms with Crippen LogP contribution in [0.15, 0.2) is 29.4 Å². The minimum absolute atomic E-state index is 0.0341.